The van der Waals surface area contributed by atoms with Crippen molar-refractivity contribution in [3.8, 4) is 34.0 Å². The highest BCUT2D eigenvalue weighted by molar-refractivity contribution is 7.22. The number of aromatic nitrogens is 3. The minimum atomic E-state index is -0.644. The first-order valence-electron chi connectivity index (χ1n) is 12.4. The zero-order valence-electron chi connectivity index (χ0n) is 21.8. The third-order valence-corrected chi connectivity index (χ3v) is 7.42. The summed E-state index contributed by atoms with van der Waals surface area (Å²) in [5, 5.41) is 12.4. The van der Waals surface area contributed by atoms with Gasteiger partial charge in [-0.25, -0.2) is 19.7 Å². The average Bonchev–Trinajstić information content (AvgIpc) is 3.41. The molecule has 3 aromatic carbocycles. The van der Waals surface area contributed by atoms with Gasteiger partial charge in [0.05, 0.1) is 41.5 Å². The molecule has 0 bridgehead atoms. The van der Waals surface area contributed by atoms with Crippen LogP contribution in [0.3, 0.4) is 0 Å². The van der Waals surface area contributed by atoms with Gasteiger partial charge in [0.2, 0.25) is 5.88 Å². The van der Waals surface area contributed by atoms with Gasteiger partial charge in [0.25, 0.3) is 0 Å². The zero-order valence-corrected chi connectivity index (χ0v) is 22.7. The summed E-state index contributed by atoms with van der Waals surface area (Å²) in [5.74, 6) is 1.64. The number of nitrogens with one attached hydrogen (secondary N) is 1. The minimum Gasteiger partial charge on any atom is -0.484 e. The van der Waals surface area contributed by atoms with Gasteiger partial charge in [-0.15, -0.1) is 11.3 Å². The van der Waals surface area contributed by atoms with Crippen LogP contribution in [0.25, 0.3) is 31.8 Å². The highest BCUT2D eigenvalue weighted by Gasteiger charge is 2.27. The smallest absolute Gasteiger partial charge is 0.411 e. The molecule has 0 fully saturated rings. The summed E-state index contributed by atoms with van der Waals surface area (Å²) in [6.07, 6.45) is 0.470. The van der Waals surface area contributed by atoms with E-state index >= 15 is 0 Å². The molecule has 0 radical (unpaired) electrons. The molecule has 1 atom stereocenters. The fraction of sp³-hybridized carbons (Fsp3) is 0.207. The van der Waals surface area contributed by atoms with Crippen molar-refractivity contribution in [2.24, 2.45) is 0 Å². The van der Waals surface area contributed by atoms with Crippen LogP contribution in [0.15, 0.2) is 48.7 Å². The standard InChI is InChI=1S/C29H23N5O5S/c1-15-7-20(25-21(8-15)33-23(36-3)12-31-25)28-34-24-16(2)9-22-26(27(24)40-28)37-13-19(39-22)14-38-29(35)32-18-6-4-5-17(10-18)11-30/h4-10,12,19H,13-14H2,1-3H3,(H,32,35)/t19-/m1/s1. The lowest BCUT2D eigenvalue weighted by atomic mass is 10.1. The molecule has 1 aliphatic heterocycles. The highest BCUT2D eigenvalue weighted by atomic mass is 32.1. The Morgan fingerprint density at radius 3 is 2.90 bits per heavy atom. The highest BCUT2D eigenvalue weighted by Crippen LogP contribution is 2.46. The maximum absolute atomic E-state index is 12.3. The minimum absolute atomic E-state index is 0.00828. The number of thiazole rings is 1. The molecule has 0 spiro atoms. The first kappa shape index (κ1) is 25.3. The SMILES string of the molecule is COc1cnc2c(-c3nc4c(C)cc5c(c4s3)OC[C@H](COC(=O)Nc3cccc(C#N)c3)O5)cc(C)cc2n1. The number of hydrogen-bond acceptors (Lipinski definition) is 10. The number of nitrogens with zero attached hydrogens (tertiary/aromatic N) is 4. The van der Waals surface area contributed by atoms with Gasteiger partial charge in [0.15, 0.2) is 17.6 Å². The van der Waals surface area contributed by atoms with E-state index in [1.165, 1.54) is 11.3 Å². The molecule has 0 aliphatic carbocycles. The third-order valence-electron chi connectivity index (χ3n) is 6.33. The maximum Gasteiger partial charge on any atom is 0.411 e. The number of amides is 1. The first-order valence-corrected chi connectivity index (χ1v) is 13.2. The van der Waals surface area contributed by atoms with E-state index in [4.69, 9.17) is 29.2 Å². The number of benzene rings is 3. The summed E-state index contributed by atoms with van der Waals surface area (Å²) in [7, 11) is 1.57. The first-order chi connectivity index (χ1) is 19.4. The van der Waals surface area contributed by atoms with Crippen LogP contribution in [0, 0.1) is 25.2 Å². The average molecular weight is 554 g/mol. The molecule has 0 unspecified atom stereocenters. The molecular formula is C29H23N5O5S. The summed E-state index contributed by atoms with van der Waals surface area (Å²) in [4.78, 5) is 26.4. The van der Waals surface area contributed by atoms with E-state index in [1.54, 1.807) is 37.6 Å². The quantitative estimate of drug-likeness (QED) is 0.287. The number of anilines is 1. The Kier molecular flexibility index (Phi) is 6.53. The van der Waals surface area contributed by atoms with E-state index in [2.05, 4.69) is 21.4 Å². The van der Waals surface area contributed by atoms with Gasteiger partial charge in [-0.1, -0.05) is 6.07 Å². The predicted octanol–water partition coefficient (Wildman–Crippen LogP) is 5.79. The van der Waals surface area contributed by atoms with Crippen molar-refractivity contribution < 1.29 is 23.7 Å². The van der Waals surface area contributed by atoms with Gasteiger partial charge in [0, 0.05) is 11.3 Å². The number of carbonyl (C=O) groups is 1. The monoisotopic (exact) mass is 553 g/mol. The number of aryl methyl sites for hydroxylation is 2. The van der Waals surface area contributed by atoms with Crippen LogP contribution >= 0.6 is 11.3 Å². The van der Waals surface area contributed by atoms with E-state index in [0.29, 0.717) is 28.6 Å². The second-order valence-corrected chi connectivity index (χ2v) is 10.3. The number of fused-ring (bicyclic) bond motifs is 4. The molecule has 6 rings (SSSR count). The van der Waals surface area contributed by atoms with Gasteiger partial charge in [-0.2, -0.15) is 5.26 Å². The lowest BCUT2D eigenvalue weighted by Gasteiger charge is -2.26. The predicted molar refractivity (Wildman–Crippen MR) is 150 cm³/mol. The van der Waals surface area contributed by atoms with Crippen LogP contribution in [0.2, 0.25) is 0 Å². The van der Waals surface area contributed by atoms with Gasteiger partial charge in [-0.05, 0) is 61.4 Å². The molecule has 0 saturated carbocycles. The topological polar surface area (TPSA) is 128 Å². The molecule has 1 amide bonds. The van der Waals surface area contributed by atoms with Crippen molar-refractivity contribution in [2.45, 2.75) is 20.0 Å². The lowest BCUT2D eigenvalue weighted by Crippen LogP contribution is -2.35. The third kappa shape index (κ3) is 4.81. The van der Waals surface area contributed by atoms with Crippen LogP contribution < -0.4 is 19.5 Å². The largest absolute Gasteiger partial charge is 0.484 e. The van der Waals surface area contributed by atoms with Crippen LogP contribution in [-0.4, -0.2) is 47.5 Å². The van der Waals surface area contributed by atoms with Gasteiger partial charge < -0.3 is 18.9 Å². The molecule has 11 heteroatoms. The normalized spacial score (nSPS) is 14.1. The van der Waals surface area contributed by atoms with Crippen molar-refractivity contribution in [3.63, 3.8) is 0 Å². The zero-order chi connectivity index (χ0) is 27.8. The summed E-state index contributed by atoms with van der Waals surface area (Å²) >= 11 is 1.50. The van der Waals surface area contributed by atoms with E-state index in [0.717, 1.165) is 42.9 Å². The van der Waals surface area contributed by atoms with Crippen molar-refractivity contribution in [2.75, 3.05) is 25.6 Å². The summed E-state index contributed by atoms with van der Waals surface area (Å²) in [6.45, 7) is 4.17. The molecule has 0 saturated heterocycles. The molecular weight excluding hydrogens is 530 g/mol. The summed E-state index contributed by atoms with van der Waals surface area (Å²) < 4.78 is 23.8. The molecule has 40 heavy (non-hydrogen) atoms. The van der Waals surface area contributed by atoms with E-state index in [-0.39, 0.29) is 13.2 Å². The van der Waals surface area contributed by atoms with Gasteiger partial charge >= 0.3 is 6.09 Å². The van der Waals surface area contributed by atoms with Crippen molar-refractivity contribution in [3.05, 3.63) is 65.4 Å². The van der Waals surface area contributed by atoms with E-state index in [9.17, 15) is 4.79 Å². The Balaban J connectivity index is 1.23. The Morgan fingerprint density at radius 2 is 2.08 bits per heavy atom. The second kappa shape index (κ2) is 10.3. The number of ether oxygens (including phenoxy) is 4. The Hall–Kier alpha value is -4.95. The van der Waals surface area contributed by atoms with Crippen LogP contribution in [0.1, 0.15) is 16.7 Å². The molecule has 1 aliphatic rings. The van der Waals surface area contributed by atoms with Crippen LogP contribution in [0.5, 0.6) is 17.4 Å². The fourth-order valence-corrected chi connectivity index (χ4v) is 5.64. The molecule has 1 N–H and O–H groups in total. The number of carbonyl (C=O) groups excluding carboxylic acids is 1. The summed E-state index contributed by atoms with van der Waals surface area (Å²) in [6, 6.07) is 14.5. The molecule has 5 aromatic rings. The molecule has 2 aromatic heterocycles. The van der Waals surface area contributed by atoms with Gasteiger partial charge in [-0.3, -0.25) is 5.32 Å². The lowest BCUT2D eigenvalue weighted by molar-refractivity contribution is 0.0383. The fourth-order valence-electron chi connectivity index (χ4n) is 4.49. The number of methoxy groups -OCH3 is 1. The van der Waals surface area contributed by atoms with E-state index < -0.39 is 12.2 Å². The number of nitriles is 1. The van der Waals surface area contributed by atoms with Crippen molar-refractivity contribution in [1.29, 1.82) is 5.26 Å². The number of rotatable bonds is 5. The molecule has 3 heterocycles. The van der Waals surface area contributed by atoms with E-state index in [1.807, 2.05) is 32.0 Å². The molecule has 10 nitrogen and oxygen atoms in total. The van der Waals surface area contributed by atoms with Crippen molar-refractivity contribution >= 4 is 44.4 Å². The summed E-state index contributed by atoms with van der Waals surface area (Å²) in [5.41, 5.74) is 6.06. The van der Waals surface area contributed by atoms with Gasteiger partial charge in [0.1, 0.15) is 22.9 Å². The Morgan fingerprint density at radius 1 is 1.20 bits per heavy atom. The van der Waals surface area contributed by atoms with Crippen molar-refractivity contribution in [1.82, 2.24) is 15.0 Å². The second-order valence-electron chi connectivity index (χ2n) is 9.28. The Bertz CT molecular complexity index is 1830. The van der Waals surface area contributed by atoms with Crippen LogP contribution in [-0.2, 0) is 4.74 Å². The molecule has 200 valence electrons. The maximum atomic E-state index is 12.3. The Labute approximate surface area is 233 Å². The number of hydrogen-bond donors (Lipinski definition) is 1. The van der Waals surface area contributed by atoms with Crippen LogP contribution in [0.4, 0.5) is 10.5 Å².